The minimum Gasteiger partial charge on any atom is -0.481 e. The van der Waals surface area contributed by atoms with Gasteiger partial charge in [0.1, 0.15) is 0 Å². The van der Waals surface area contributed by atoms with Crippen molar-refractivity contribution in [3.63, 3.8) is 0 Å². The summed E-state index contributed by atoms with van der Waals surface area (Å²) >= 11 is 0. The van der Waals surface area contributed by atoms with Crippen LogP contribution in [0.5, 0.6) is 0 Å². The lowest BCUT2D eigenvalue weighted by Crippen LogP contribution is -2.29. The first kappa shape index (κ1) is 15.2. The second kappa shape index (κ2) is 5.83. The van der Waals surface area contributed by atoms with E-state index in [9.17, 15) is 18.0 Å². The van der Waals surface area contributed by atoms with Gasteiger partial charge in [0.2, 0.25) is 0 Å². The summed E-state index contributed by atoms with van der Waals surface area (Å²) in [6.45, 7) is 1.48. The molecule has 0 saturated carbocycles. The molecule has 0 radical (unpaired) electrons. The number of sulfone groups is 1. The van der Waals surface area contributed by atoms with Crippen LogP contribution in [-0.2, 0) is 25.8 Å². The average Bonchev–Trinajstić information content (AvgIpc) is 2.28. The Bertz CT molecular complexity index is 573. The van der Waals surface area contributed by atoms with Crippen LogP contribution in [0.3, 0.4) is 0 Å². The van der Waals surface area contributed by atoms with Gasteiger partial charge in [-0.25, -0.2) is 8.42 Å². The number of aliphatic carboxylic acids is 2. The summed E-state index contributed by atoms with van der Waals surface area (Å²) in [4.78, 5) is 21.3. The van der Waals surface area contributed by atoms with Gasteiger partial charge in [-0.05, 0) is 24.1 Å². The first-order chi connectivity index (χ1) is 8.78. The van der Waals surface area contributed by atoms with Crippen molar-refractivity contribution in [2.75, 3.05) is 0 Å². The predicted octanol–water partition coefficient (Wildman–Crippen LogP) is 0.951. The molecule has 6 nitrogen and oxygen atoms in total. The molecular weight excluding hydrogens is 272 g/mol. The third-order valence-electron chi connectivity index (χ3n) is 2.63. The molecule has 0 bridgehead atoms. The fraction of sp³-hybridized carbons (Fsp3) is 0.333. The van der Waals surface area contributed by atoms with Crippen LogP contribution in [0.1, 0.15) is 18.9 Å². The maximum absolute atomic E-state index is 12.0. The number of carboxylic acids is 2. The number of carbonyl (C=O) groups is 2. The van der Waals surface area contributed by atoms with Crippen molar-refractivity contribution in [1.29, 1.82) is 0 Å². The van der Waals surface area contributed by atoms with Gasteiger partial charge in [-0.2, -0.15) is 0 Å². The first-order valence-corrected chi connectivity index (χ1v) is 7.11. The van der Waals surface area contributed by atoms with Crippen LogP contribution >= 0.6 is 0 Å². The molecule has 0 aliphatic carbocycles. The van der Waals surface area contributed by atoms with Crippen LogP contribution in [0.4, 0.5) is 0 Å². The molecule has 1 atom stereocenters. The molecule has 1 aromatic carbocycles. The largest absolute Gasteiger partial charge is 0.481 e. The van der Waals surface area contributed by atoms with Crippen molar-refractivity contribution in [2.24, 2.45) is 0 Å². The summed E-state index contributed by atoms with van der Waals surface area (Å²) in [7, 11) is -3.94. The zero-order valence-electron chi connectivity index (χ0n) is 10.2. The molecule has 104 valence electrons. The third-order valence-corrected chi connectivity index (χ3v) is 4.84. The van der Waals surface area contributed by atoms with E-state index in [4.69, 9.17) is 10.2 Å². The van der Waals surface area contributed by atoms with E-state index in [0.717, 1.165) is 0 Å². The fourth-order valence-corrected chi connectivity index (χ4v) is 3.21. The highest BCUT2D eigenvalue weighted by molar-refractivity contribution is 7.92. The van der Waals surface area contributed by atoms with Crippen molar-refractivity contribution in [3.05, 3.63) is 29.8 Å². The molecule has 0 fully saturated rings. The van der Waals surface area contributed by atoms with Gasteiger partial charge in [0.05, 0.1) is 11.3 Å². The van der Waals surface area contributed by atoms with Crippen LogP contribution in [-0.4, -0.2) is 35.8 Å². The van der Waals surface area contributed by atoms with Crippen molar-refractivity contribution in [1.82, 2.24) is 0 Å². The van der Waals surface area contributed by atoms with E-state index in [1.165, 1.54) is 31.2 Å². The molecule has 0 aromatic heterocycles. The topological polar surface area (TPSA) is 109 Å². The third kappa shape index (κ3) is 3.54. The maximum Gasteiger partial charge on any atom is 0.322 e. The molecule has 0 heterocycles. The van der Waals surface area contributed by atoms with Gasteiger partial charge in [-0.3, -0.25) is 9.59 Å². The highest BCUT2D eigenvalue weighted by Crippen LogP contribution is 2.19. The Kier molecular flexibility index (Phi) is 4.66. The summed E-state index contributed by atoms with van der Waals surface area (Å²) in [5.41, 5.74) is 0.454. The Morgan fingerprint density at radius 3 is 2.05 bits per heavy atom. The van der Waals surface area contributed by atoms with Gasteiger partial charge in [0.15, 0.2) is 15.1 Å². The fourth-order valence-electron chi connectivity index (χ4n) is 1.66. The summed E-state index contributed by atoms with van der Waals surface area (Å²) in [5.74, 6) is -2.41. The van der Waals surface area contributed by atoms with E-state index in [1.54, 1.807) is 0 Å². The summed E-state index contributed by atoms with van der Waals surface area (Å²) in [5, 5.41) is 16.0. The molecule has 1 rings (SSSR count). The molecule has 0 amide bonds. The van der Waals surface area contributed by atoms with Crippen LogP contribution < -0.4 is 0 Å². The van der Waals surface area contributed by atoms with E-state index >= 15 is 0 Å². The lowest BCUT2D eigenvalue weighted by Gasteiger charge is -2.11. The summed E-state index contributed by atoms with van der Waals surface area (Å²) in [6.07, 6.45) is -0.245. The van der Waals surface area contributed by atoms with E-state index in [2.05, 4.69) is 0 Å². The van der Waals surface area contributed by atoms with Gasteiger partial charge >= 0.3 is 11.9 Å². The standard InChI is InChI=1S/C12H14O6S/c1-2-10(12(15)16)19(17,18)9-5-3-8(4-6-9)7-11(13)14/h3-6,10H,2,7H2,1H3,(H,13,14)(H,15,16). The predicted molar refractivity (Wildman–Crippen MR) is 66.7 cm³/mol. The Morgan fingerprint density at radius 1 is 1.16 bits per heavy atom. The number of hydrogen-bond donors (Lipinski definition) is 2. The summed E-state index contributed by atoms with van der Waals surface area (Å²) in [6, 6.07) is 5.21. The number of hydrogen-bond acceptors (Lipinski definition) is 4. The molecule has 0 spiro atoms. The number of carboxylic acid groups (broad SMARTS) is 2. The summed E-state index contributed by atoms with van der Waals surface area (Å²) < 4.78 is 24.1. The Morgan fingerprint density at radius 2 is 1.68 bits per heavy atom. The van der Waals surface area contributed by atoms with Crippen LogP contribution in [0.15, 0.2) is 29.2 Å². The highest BCUT2D eigenvalue weighted by atomic mass is 32.2. The van der Waals surface area contributed by atoms with Crippen LogP contribution in [0.2, 0.25) is 0 Å². The Labute approximate surface area is 110 Å². The lowest BCUT2D eigenvalue weighted by molar-refractivity contribution is -0.137. The minimum atomic E-state index is -3.94. The molecule has 0 aliphatic heterocycles. The monoisotopic (exact) mass is 286 g/mol. The maximum atomic E-state index is 12.0. The molecule has 0 aliphatic rings. The average molecular weight is 286 g/mol. The van der Waals surface area contributed by atoms with Gasteiger partial charge < -0.3 is 10.2 Å². The second-order valence-electron chi connectivity index (χ2n) is 3.99. The second-order valence-corrected chi connectivity index (χ2v) is 6.13. The SMILES string of the molecule is CCC(C(=O)O)S(=O)(=O)c1ccc(CC(=O)O)cc1. The molecular formula is C12H14O6S. The number of benzene rings is 1. The van der Waals surface area contributed by atoms with Gasteiger partial charge in [0, 0.05) is 0 Å². The van der Waals surface area contributed by atoms with E-state index in [1.807, 2.05) is 0 Å². The van der Waals surface area contributed by atoms with E-state index in [0.29, 0.717) is 5.56 Å². The Balaban J connectivity index is 3.09. The van der Waals surface area contributed by atoms with Crippen LogP contribution in [0.25, 0.3) is 0 Å². The quantitative estimate of drug-likeness (QED) is 0.806. The number of rotatable bonds is 6. The molecule has 1 aromatic rings. The van der Waals surface area contributed by atoms with Gasteiger partial charge in [-0.1, -0.05) is 19.1 Å². The van der Waals surface area contributed by atoms with Crippen LogP contribution in [0, 0.1) is 0 Å². The van der Waals surface area contributed by atoms with Crippen molar-refractivity contribution >= 4 is 21.8 Å². The van der Waals surface area contributed by atoms with Crippen molar-refractivity contribution in [3.8, 4) is 0 Å². The molecule has 1 unspecified atom stereocenters. The van der Waals surface area contributed by atoms with E-state index in [-0.39, 0.29) is 17.7 Å². The van der Waals surface area contributed by atoms with Gasteiger partial charge in [0.25, 0.3) is 0 Å². The molecule has 19 heavy (non-hydrogen) atoms. The molecule has 7 heteroatoms. The van der Waals surface area contributed by atoms with Crippen molar-refractivity contribution < 1.29 is 28.2 Å². The first-order valence-electron chi connectivity index (χ1n) is 5.56. The zero-order chi connectivity index (χ0) is 14.6. The molecule has 2 N–H and O–H groups in total. The van der Waals surface area contributed by atoms with E-state index < -0.39 is 27.0 Å². The molecule has 0 saturated heterocycles. The highest BCUT2D eigenvalue weighted by Gasteiger charge is 2.32. The van der Waals surface area contributed by atoms with Gasteiger partial charge in [-0.15, -0.1) is 0 Å². The normalized spacial score (nSPS) is 12.9. The van der Waals surface area contributed by atoms with Crippen molar-refractivity contribution in [2.45, 2.75) is 29.9 Å². The zero-order valence-corrected chi connectivity index (χ0v) is 11.1. The Hall–Kier alpha value is -1.89. The lowest BCUT2D eigenvalue weighted by atomic mass is 10.2. The minimum absolute atomic E-state index is 0.0332. The smallest absolute Gasteiger partial charge is 0.322 e.